The fourth-order valence-electron chi connectivity index (χ4n) is 5.23. The van der Waals surface area contributed by atoms with Crippen molar-refractivity contribution in [3.8, 4) is 0 Å². The Bertz CT molecular complexity index is 1230. The fraction of sp³-hybridized carbons (Fsp3) is 0.682. The van der Waals surface area contributed by atoms with E-state index >= 15 is 0 Å². The number of esters is 2. The molecule has 1 aliphatic rings. The lowest BCUT2D eigenvalue weighted by Crippen LogP contribution is -2.37. The van der Waals surface area contributed by atoms with E-state index in [4.69, 9.17) is 23.3 Å². The van der Waals surface area contributed by atoms with Crippen LogP contribution in [0.25, 0.3) is 0 Å². The molecular formula is C44H74NO9P. The molecule has 314 valence electrons. The Morgan fingerprint density at radius 1 is 0.673 bits per heavy atom. The molecule has 0 radical (unpaired) electrons. The summed E-state index contributed by atoms with van der Waals surface area (Å²) in [4.78, 5) is 37.4. The highest BCUT2D eigenvalue weighted by atomic mass is 31.2. The number of ether oxygens (including phenoxy) is 3. The molecule has 3 unspecified atom stereocenters. The number of carbonyl (C=O) groups excluding carboxylic acids is 2. The summed E-state index contributed by atoms with van der Waals surface area (Å²) in [5.41, 5.74) is 0. The Balaban J connectivity index is 2.36. The number of likely N-dealkylation sites (N-methyl/N-ethyl adjacent to an activating group) is 1. The topological polar surface area (TPSA) is 124 Å². The van der Waals surface area contributed by atoms with E-state index in [0.717, 1.165) is 77.0 Å². The molecule has 10 nitrogen and oxygen atoms in total. The third-order valence-electron chi connectivity index (χ3n) is 8.63. The maximum Gasteiger partial charge on any atom is 0.306 e. The van der Waals surface area contributed by atoms with Crippen LogP contribution >= 0.6 is 7.82 Å². The van der Waals surface area contributed by atoms with Crippen molar-refractivity contribution >= 4 is 19.8 Å². The quantitative estimate of drug-likeness (QED) is 0.0154. The van der Waals surface area contributed by atoms with Gasteiger partial charge < -0.3 is 32.6 Å². The molecule has 4 atom stereocenters. The number of unbranched alkanes of at least 4 members (excludes halogenated alkanes) is 7. The lowest BCUT2D eigenvalue weighted by Gasteiger charge is -2.28. The zero-order valence-corrected chi connectivity index (χ0v) is 35.7. The molecule has 55 heavy (non-hydrogen) atoms. The van der Waals surface area contributed by atoms with E-state index in [-0.39, 0.29) is 26.1 Å². The first-order valence-corrected chi connectivity index (χ1v) is 22.2. The zero-order chi connectivity index (χ0) is 40.5. The Morgan fingerprint density at radius 2 is 1.24 bits per heavy atom. The second-order valence-corrected chi connectivity index (χ2v) is 16.4. The minimum Gasteiger partial charge on any atom is -0.756 e. The number of hydrogen-bond donors (Lipinski definition) is 0. The van der Waals surface area contributed by atoms with Gasteiger partial charge in [-0.3, -0.25) is 14.2 Å². The molecule has 0 saturated carbocycles. The third-order valence-corrected chi connectivity index (χ3v) is 9.59. The highest BCUT2D eigenvalue weighted by Crippen LogP contribution is 2.38. The SMILES string of the molecule is CC/C=C\CC1OC1C/C=C\C/C=C\C/C=C\C/C=C\CCC(=O)O[C@H](COC(=O)CCCCCCC/C=C\CCCC)COP(=O)([O-])OCC[N+](C)(C)C. The van der Waals surface area contributed by atoms with Crippen LogP contribution in [0, 0.1) is 0 Å². The van der Waals surface area contributed by atoms with Gasteiger partial charge in [0, 0.05) is 12.8 Å². The summed E-state index contributed by atoms with van der Waals surface area (Å²) >= 11 is 0. The van der Waals surface area contributed by atoms with Crippen LogP contribution in [0.4, 0.5) is 0 Å². The smallest absolute Gasteiger partial charge is 0.306 e. The molecule has 1 saturated heterocycles. The van der Waals surface area contributed by atoms with Gasteiger partial charge in [-0.15, -0.1) is 0 Å². The number of nitrogens with zero attached hydrogens (tertiary/aromatic N) is 1. The van der Waals surface area contributed by atoms with E-state index in [2.05, 4.69) is 74.6 Å². The molecule has 0 aromatic carbocycles. The molecule has 0 N–H and O–H groups in total. The standard InChI is InChI=1S/C44H74NO9P/c1-6-8-10-11-12-13-16-20-23-26-30-34-43(46)50-38-40(39-52-55(48,49)51-37-36-45(3,4)5)53-44(47)35-31-27-24-21-18-15-14-17-19-22-25-29-33-42-41(54-42)32-28-9-7-2/h9,11-12,15,17-19,24-25,27-29,40-42H,6-8,10,13-14,16,20-23,26,30-39H2,1-5H3/b12-11-,18-15-,19-17-,27-24-,28-9-,29-25-/t40-,41?,42?/m1/s1. The Labute approximate surface area is 333 Å². The highest BCUT2D eigenvalue weighted by molar-refractivity contribution is 7.45. The van der Waals surface area contributed by atoms with Gasteiger partial charge in [0.25, 0.3) is 7.82 Å². The van der Waals surface area contributed by atoms with Gasteiger partial charge in [-0.2, -0.15) is 0 Å². The Kier molecular flexibility index (Phi) is 29.8. The van der Waals surface area contributed by atoms with Crippen LogP contribution in [0.1, 0.15) is 129 Å². The van der Waals surface area contributed by atoms with E-state index in [9.17, 15) is 19.0 Å². The zero-order valence-electron chi connectivity index (χ0n) is 34.8. The van der Waals surface area contributed by atoms with Gasteiger partial charge in [0.2, 0.25) is 0 Å². The molecule has 1 aliphatic heterocycles. The first-order valence-electron chi connectivity index (χ1n) is 20.8. The summed E-state index contributed by atoms with van der Waals surface area (Å²) in [6, 6.07) is 0. The molecule has 1 fully saturated rings. The Morgan fingerprint density at radius 3 is 1.87 bits per heavy atom. The van der Waals surface area contributed by atoms with E-state index in [1.165, 1.54) is 12.8 Å². The van der Waals surface area contributed by atoms with E-state index in [1.54, 1.807) is 0 Å². The van der Waals surface area contributed by atoms with Gasteiger partial charge in [-0.05, 0) is 70.6 Å². The lowest BCUT2D eigenvalue weighted by molar-refractivity contribution is -0.870. The van der Waals surface area contributed by atoms with Crippen LogP contribution in [0.2, 0.25) is 0 Å². The van der Waals surface area contributed by atoms with Gasteiger partial charge in [0.1, 0.15) is 19.8 Å². The number of epoxide rings is 1. The minimum absolute atomic E-state index is 0.0513. The summed E-state index contributed by atoms with van der Waals surface area (Å²) in [6.07, 6.45) is 41.3. The van der Waals surface area contributed by atoms with Gasteiger partial charge >= 0.3 is 11.9 Å². The van der Waals surface area contributed by atoms with Gasteiger partial charge in [-0.25, -0.2) is 0 Å². The highest BCUT2D eigenvalue weighted by Gasteiger charge is 2.35. The number of hydrogen-bond acceptors (Lipinski definition) is 9. The van der Waals surface area contributed by atoms with E-state index < -0.39 is 32.5 Å². The van der Waals surface area contributed by atoms with Crippen molar-refractivity contribution in [1.82, 2.24) is 0 Å². The number of rotatable bonds is 35. The molecule has 0 bridgehead atoms. The van der Waals surface area contributed by atoms with Crippen molar-refractivity contribution in [3.63, 3.8) is 0 Å². The van der Waals surface area contributed by atoms with Crippen molar-refractivity contribution in [1.29, 1.82) is 0 Å². The maximum absolute atomic E-state index is 12.6. The average Bonchev–Trinajstić information content (AvgIpc) is 3.89. The third kappa shape index (κ3) is 33.3. The number of phosphoric acid groups is 1. The Hall–Kier alpha value is -2.59. The van der Waals surface area contributed by atoms with Crippen molar-refractivity contribution in [2.45, 2.75) is 148 Å². The van der Waals surface area contributed by atoms with E-state index in [1.807, 2.05) is 33.3 Å². The number of allylic oxidation sites excluding steroid dienone is 10. The molecule has 0 amide bonds. The van der Waals surface area contributed by atoms with Crippen LogP contribution in [-0.4, -0.2) is 82.2 Å². The minimum atomic E-state index is -4.65. The summed E-state index contributed by atoms with van der Waals surface area (Å²) in [7, 11) is 1.09. The molecule has 0 aromatic heterocycles. The number of quaternary nitrogens is 1. The summed E-state index contributed by atoms with van der Waals surface area (Å²) < 4.78 is 39.4. The number of carbonyl (C=O) groups is 2. The van der Waals surface area contributed by atoms with Crippen molar-refractivity contribution in [2.24, 2.45) is 0 Å². The second kappa shape index (κ2) is 32.5. The van der Waals surface area contributed by atoms with Gasteiger partial charge in [0.05, 0.1) is 40.0 Å². The first kappa shape index (κ1) is 50.4. The van der Waals surface area contributed by atoms with Gasteiger partial charge in [-0.1, -0.05) is 119 Å². The molecule has 1 heterocycles. The predicted octanol–water partition coefficient (Wildman–Crippen LogP) is 9.82. The number of phosphoric ester groups is 1. The fourth-order valence-corrected chi connectivity index (χ4v) is 5.96. The second-order valence-electron chi connectivity index (χ2n) is 15.0. The molecule has 1 rings (SSSR count). The van der Waals surface area contributed by atoms with Crippen LogP contribution in [0.15, 0.2) is 72.9 Å². The maximum atomic E-state index is 12.6. The van der Waals surface area contributed by atoms with Crippen LogP contribution < -0.4 is 4.89 Å². The molecule has 0 aromatic rings. The summed E-state index contributed by atoms with van der Waals surface area (Å²) in [5, 5.41) is 0. The van der Waals surface area contributed by atoms with Crippen LogP contribution in [0.3, 0.4) is 0 Å². The summed E-state index contributed by atoms with van der Waals surface area (Å²) in [5.74, 6) is -0.957. The predicted molar refractivity (Wildman–Crippen MR) is 221 cm³/mol. The lowest BCUT2D eigenvalue weighted by atomic mass is 10.1. The molecular weight excluding hydrogens is 717 g/mol. The molecule has 0 spiro atoms. The monoisotopic (exact) mass is 792 g/mol. The van der Waals surface area contributed by atoms with Crippen molar-refractivity contribution in [3.05, 3.63) is 72.9 Å². The average molecular weight is 792 g/mol. The summed E-state index contributed by atoms with van der Waals surface area (Å²) in [6.45, 7) is 3.93. The largest absolute Gasteiger partial charge is 0.756 e. The van der Waals surface area contributed by atoms with Crippen molar-refractivity contribution in [2.75, 3.05) is 47.5 Å². The normalized spacial score (nSPS) is 18.1. The van der Waals surface area contributed by atoms with Gasteiger partial charge in [0.15, 0.2) is 6.10 Å². The van der Waals surface area contributed by atoms with Crippen LogP contribution in [-0.2, 0) is 37.4 Å². The molecule has 11 heteroatoms. The molecule has 0 aliphatic carbocycles. The van der Waals surface area contributed by atoms with E-state index in [0.29, 0.717) is 36.1 Å². The van der Waals surface area contributed by atoms with Crippen LogP contribution in [0.5, 0.6) is 0 Å². The first-order chi connectivity index (χ1) is 26.5. The van der Waals surface area contributed by atoms with Crippen molar-refractivity contribution < 1.29 is 46.8 Å².